The van der Waals surface area contributed by atoms with Gasteiger partial charge in [-0.25, -0.2) is 4.39 Å². The summed E-state index contributed by atoms with van der Waals surface area (Å²) in [6.45, 7) is 2.00. The molecule has 3 atom stereocenters. The molecule has 0 unspecified atom stereocenters. The van der Waals surface area contributed by atoms with Gasteiger partial charge in [0, 0.05) is 16.0 Å². The highest BCUT2D eigenvalue weighted by atomic mass is 79.9. The zero-order valence-corrected chi connectivity index (χ0v) is 9.84. The second-order valence-corrected chi connectivity index (χ2v) is 5.34. The minimum Gasteiger partial charge on any atom is -0.297 e. The Morgan fingerprint density at radius 3 is 3.00 bits per heavy atom. The van der Waals surface area contributed by atoms with Crippen molar-refractivity contribution >= 4 is 15.9 Å². The zero-order valence-electron chi connectivity index (χ0n) is 8.26. The summed E-state index contributed by atoms with van der Waals surface area (Å²) in [5, 5.41) is 0. The van der Waals surface area contributed by atoms with Crippen LogP contribution >= 0.6 is 15.9 Å². The highest BCUT2D eigenvalue weighted by Gasteiger charge is 2.59. The Morgan fingerprint density at radius 1 is 1.60 bits per heavy atom. The van der Waals surface area contributed by atoms with E-state index in [1.165, 1.54) is 6.07 Å². The largest absolute Gasteiger partial charge is 0.297 e. The first-order valence-corrected chi connectivity index (χ1v) is 5.79. The maximum absolute atomic E-state index is 13.7. The zero-order chi connectivity index (χ0) is 10.6. The number of rotatable bonds is 1. The summed E-state index contributed by atoms with van der Waals surface area (Å²) in [6.07, 6.45) is 1.29. The first-order chi connectivity index (χ1) is 7.11. The Morgan fingerprint density at radius 2 is 2.40 bits per heavy atom. The number of hydrogen-bond donors (Lipinski definition) is 1. The Labute approximate surface area is 95.9 Å². The van der Waals surface area contributed by atoms with Crippen molar-refractivity contribution in [1.29, 1.82) is 0 Å². The van der Waals surface area contributed by atoms with Crippen LogP contribution in [0.4, 0.5) is 4.39 Å². The van der Waals surface area contributed by atoms with Crippen molar-refractivity contribution in [3.05, 3.63) is 34.1 Å². The highest BCUT2D eigenvalue weighted by molar-refractivity contribution is 9.10. The van der Waals surface area contributed by atoms with E-state index in [9.17, 15) is 4.39 Å². The summed E-state index contributed by atoms with van der Waals surface area (Å²) < 4.78 is 14.6. The van der Waals surface area contributed by atoms with Crippen LogP contribution in [0.25, 0.3) is 0 Å². The molecule has 1 aliphatic heterocycles. The van der Waals surface area contributed by atoms with E-state index >= 15 is 0 Å². The lowest BCUT2D eigenvalue weighted by Gasteiger charge is -2.26. The van der Waals surface area contributed by atoms with Crippen molar-refractivity contribution in [2.24, 2.45) is 5.92 Å². The highest BCUT2D eigenvalue weighted by Crippen LogP contribution is 2.52. The predicted octanol–water partition coefficient (Wildman–Crippen LogP) is 2.73. The molecule has 2 aliphatic rings. The fraction of sp³-hybridized carbons (Fsp3) is 0.455. The molecule has 2 nitrogen and oxygen atoms in total. The molecule has 1 saturated heterocycles. The second kappa shape index (κ2) is 3.03. The van der Waals surface area contributed by atoms with Gasteiger partial charge in [-0.15, -0.1) is 0 Å². The molecular formula is C11H11BrFNO. The minimum absolute atomic E-state index is 0.177. The molecule has 0 aromatic heterocycles. The van der Waals surface area contributed by atoms with Gasteiger partial charge in [0.25, 0.3) is 0 Å². The van der Waals surface area contributed by atoms with E-state index in [1.54, 1.807) is 6.07 Å². The van der Waals surface area contributed by atoms with Crippen LogP contribution in [0, 0.1) is 11.7 Å². The van der Waals surface area contributed by atoms with Crippen LogP contribution in [0.1, 0.15) is 18.9 Å². The number of nitrogens with one attached hydrogen (secondary N) is 1. The number of fused-ring (bicyclic) bond motifs is 1. The standard InChI is InChI=1S/C11H11BrFNO/c1-11(8-5-10(8)15-14-11)7-4-6(12)2-3-9(7)13/h2-4,8,10,14H,5H2,1H3/t8-,10+,11-/m0/s1. The molecule has 1 aromatic carbocycles. The van der Waals surface area contributed by atoms with E-state index < -0.39 is 0 Å². The lowest BCUT2D eigenvalue weighted by atomic mass is 9.88. The molecule has 0 amide bonds. The topological polar surface area (TPSA) is 21.3 Å². The summed E-state index contributed by atoms with van der Waals surface area (Å²) >= 11 is 3.37. The van der Waals surface area contributed by atoms with Gasteiger partial charge in [0.2, 0.25) is 0 Å². The molecule has 80 valence electrons. The Kier molecular flexibility index (Phi) is 1.97. The number of halogens is 2. The van der Waals surface area contributed by atoms with Gasteiger partial charge >= 0.3 is 0 Å². The molecule has 1 aliphatic carbocycles. The van der Waals surface area contributed by atoms with Crippen LogP contribution in [0.15, 0.2) is 22.7 Å². The van der Waals surface area contributed by atoms with Crippen LogP contribution in [-0.4, -0.2) is 6.10 Å². The van der Waals surface area contributed by atoms with Gasteiger partial charge in [0.1, 0.15) is 5.82 Å². The fourth-order valence-corrected chi connectivity index (χ4v) is 2.69. The summed E-state index contributed by atoms with van der Waals surface area (Å²) in [7, 11) is 0. The Bertz CT molecular complexity index is 425. The Balaban J connectivity index is 2.08. The van der Waals surface area contributed by atoms with Crippen molar-refractivity contribution in [2.45, 2.75) is 25.0 Å². The minimum atomic E-state index is -0.376. The normalized spacial score (nSPS) is 37.8. The number of benzene rings is 1. The molecule has 0 bridgehead atoms. The summed E-state index contributed by atoms with van der Waals surface area (Å²) in [5.74, 6) is 0.227. The summed E-state index contributed by atoms with van der Waals surface area (Å²) in [4.78, 5) is 5.36. The van der Waals surface area contributed by atoms with E-state index in [0.29, 0.717) is 11.5 Å². The SMILES string of the molecule is C[C@@]1(c2cc(Br)ccc2F)NO[C@@H]2C[C@@H]21. The first kappa shape index (κ1) is 9.75. The predicted molar refractivity (Wildman–Crippen MR) is 57.6 cm³/mol. The monoisotopic (exact) mass is 271 g/mol. The van der Waals surface area contributed by atoms with Crippen LogP contribution in [0.3, 0.4) is 0 Å². The van der Waals surface area contributed by atoms with Crippen molar-refractivity contribution in [1.82, 2.24) is 5.48 Å². The summed E-state index contributed by atoms with van der Waals surface area (Å²) in [5.41, 5.74) is 3.26. The van der Waals surface area contributed by atoms with Gasteiger partial charge in [-0.2, -0.15) is 5.48 Å². The third-order valence-corrected chi connectivity index (χ3v) is 3.88. The van der Waals surface area contributed by atoms with Gasteiger partial charge in [-0.3, -0.25) is 4.84 Å². The van der Waals surface area contributed by atoms with Crippen LogP contribution in [0.2, 0.25) is 0 Å². The number of hydroxylamine groups is 1. The van der Waals surface area contributed by atoms with Crippen molar-refractivity contribution in [2.75, 3.05) is 0 Å². The maximum atomic E-state index is 13.7. The lowest BCUT2D eigenvalue weighted by molar-refractivity contribution is 0.0212. The van der Waals surface area contributed by atoms with E-state index in [2.05, 4.69) is 21.4 Å². The molecule has 0 radical (unpaired) electrons. The Hall–Kier alpha value is -0.450. The summed E-state index contributed by atoms with van der Waals surface area (Å²) in [6, 6.07) is 5.02. The number of hydrogen-bond acceptors (Lipinski definition) is 2. The van der Waals surface area contributed by atoms with Gasteiger partial charge in [0.15, 0.2) is 0 Å². The van der Waals surface area contributed by atoms with Crippen LogP contribution in [0.5, 0.6) is 0 Å². The van der Waals surface area contributed by atoms with Gasteiger partial charge in [0.05, 0.1) is 11.6 Å². The van der Waals surface area contributed by atoms with Crippen molar-refractivity contribution in [3.8, 4) is 0 Å². The van der Waals surface area contributed by atoms with E-state index in [1.807, 2.05) is 13.0 Å². The second-order valence-electron chi connectivity index (χ2n) is 4.43. The van der Waals surface area contributed by atoms with Gasteiger partial charge in [-0.1, -0.05) is 15.9 Å². The van der Waals surface area contributed by atoms with E-state index in [4.69, 9.17) is 4.84 Å². The molecule has 3 rings (SSSR count). The molecule has 1 saturated carbocycles. The molecule has 4 heteroatoms. The van der Waals surface area contributed by atoms with Crippen molar-refractivity contribution < 1.29 is 9.23 Å². The van der Waals surface area contributed by atoms with Crippen LogP contribution < -0.4 is 5.48 Å². The van der Waals surface area contributed by atoms with Gasteiger partial charge in [-0.05, 0) is 31.5 Å². The molecule has 1 aromatic rings. The maximum Gasteiger partial charge on any atom is 0.128 e. The molecule has 2 fully saturated rings. The average Bonchev–Trinajstić information content (AvgIpc) is 2.92. The lowest BCUT2D eigenvalue weighted by Crippen LogP contribution is -2.37. The molecular weight excluding hydrogens is 261 g/mol. The molecule has 1 heterocycles. The van der Waals surface area contributed by atoms with Crippen molar-refractivity contribution in [3.63, 3.8) is 0 Å². The average molecular weight is 272 g/mol. The van der Waals surface area contributed by atoms with E-state index in [-0.39, 0.29) is 17.5 Å². The van der Waals surface area contributed by atoms with E-state index in [0.717, 1.165) is 10.9 Å². The van der Waals surface area contributed by atoms with Crippen LogP contribution in [-0.2, 0) is 10.4 Å². The third kappa shape index (κ3) is 1.35. The smallest absolute Gasteiger partial charge is 0.128 e. The molecule has 1 N–H and O–H groups in total. The molecule has 15 heavy (non-hydrogen) atoms. The fourth-order valence-electron chi connectivity index (χ4n) is 2.33. The first-order valence-electron chi connectivity index (χ1n) is 4.99. The van der Waals surface area contributed by atoms with Gasteiger partial charge < -0.3 is 0 Å². The quantitative estimate of drug-likeness (QED) is 0.848. The third-order valence-electron chi connectivity index (χ3n) is 3.38. The molecule has 0 spiro atoms.